The summed E-state index contributed by atoms with van der Waals surface area (Å²) in [5.41, 5.74) is 0. The first-order valence-electron chi connectivity index (χ1n) is 6.81. The van der Waals surface area contributed by atoms with Gasteiger partial charge in [0, 0.05) is 33.3 Å². The molecule has 0 bridgehead atoms. The fourth-order valence-corrected chi connectivity index (χ4v) is 1.89. The molecule has 0 aromatic heterocycles. The van der Waals surface area contributed by atoms with E-state index in [0.29, 0.717) is 12.5 Å². The Labute approximate surface area is 111 Å². The third-order valence-electron chi connectivity index (χ3n) is 2.73. The van der Waals surface area contributed by atoms with E-state index in [1.807, 2.05) is 0 Å². The molecule has 1 saturated heterocycles. The monoisotopic (exact) mass is 257 g/mol. The first kappa shape index (κ1) is 15.2. The van der Waals surface area contributed by atoms with Crippen LogP contribution in [0.5, 0.6) is 0 Å². The fourth-order valence-electron chi connectivity index (χ4n) is 1.89. The largest absolute Gasteiger partial charge is 0.382 e. The lowest BCUT2D eigenvalue weighted by Gasteiger charge is -2.34. The fraction of sp³-hybridized carbons (Fsp3) is 0.923. The zero-order valence-corrected chi connectivity index (χ0v) is 12.1. The summed E-state index contributed by atoms with van der Waals surface area (Å²) in [4.78, 5) is 6.93. The summed E-state index contributed by atoms with van der Waals surface area (Å²) < 4.78 is 10.8. The zero-order chi connectivity index (χ0) is 13.4. The maximum atomic E-state index is 5.65. The summed E-state index contributed by atoms with van der Waals surface area (Å²) >= 11 is 0. The molecule has 0 amide bonds. The van der Waals surface area contributed by atoms with Gasteiger partial charge in [-0.15, -0.1) is 0 Å². The van der Waals surface area contributed by atoms with Crippen molar-refractivity contribution in [2.45, 2.75) is 26.9 Å². The summed E-state index contributed by atoms with van der Waals surface area (Å²) in [5, 5.41) is 3.35. The van der Waals surface area contributed by atoms with Gasteiger partial charge in [0.05, 0.1) is 19.3 Å². The Hall–Kier alpha value is -0.810. The molecule has 1 unspecified atom stereocenters. The van der Waals surface area contributed by atoms with Crippen molar-refractivity contribution in [2.75, 3.05) is 46.5 Å². The molecule has 5 nitrogen and oxygen atoms in total. The maximum Gasteiger partial charge on any atom is 0.194 e. The Bertz CT molecular complexity index is 255. The highest BCUT2D eigenvalue weighted by molar-refractivity contribution is 5.80. The molecule has 0 aromatic carbocycles. The molecular formula is C13H27N3O2. The van der Waals surface area contributed by atoms with Crippen molar-refractivity contribution in [1.29, 1.82) is 0 Å². The van der Waals surface area contributed by atoms with Crippen LogP contribution in [0.2, 0.25) is 0 Å². The van der Waals surface area contributed by atoms with Crippen LogP contribution < -0.4 is 5.32 Å². The minimum absolute atomic E-state index is 0.145. The van der Waals surface area contributed by atoms with Crippen molar-refractivity contribution >= 4 is 5.96 Å². The summed E-state index contributed by atoms with van der Waals surface area (Å²) in [6, 6.07) is 0. The predicted molar refractivity (Wildman–Crippen MR) is 74.0 cm³/mol. The molecule has 1 heterocycles. The number of hydrogen-bond acceptors (Lipinski definition) is 3. The quantitative estimate of drug-likeness (QED) is 0.588. The van der Waals surface area contributed by atoms with Crippen LogP contribution in [-0.4, -0.2) is 63.5 Å². The number of methoxy groups -OCH3 is 1. The van der Waals surface area contributed by atoms with Crippen molar-refractivity contribution in [3.8, 4) is 0 Å². The lowest BCUT2D eigenvalue weighted by atomic mass is 10.2. The number of aliphatic imine (C=N–C) groups is 1. The van der Waals surface area contributed by atoms with Crippen LogP contribution in [0.3, 0.4) is 0 Å². The minimum Gasteiger partial charge on any atom is -0.382 e. The molecule has 0 aliphatic carbocycles. The van der Waals surface area contributed by atoms with Crippen LogP contribution in [0.4, 0.5) is 0 Å². The van der Waals surface area contributed by atoms with Gasteiger partial charge < -0.3 is 19.7 Å². The highest BCUT2D eigenvalue weighted by atomic mass is 16.5. The molecule has 5 heteroatoms. The summed E-state index contributed by atoms with van der Waals surface area (Å²) in [6.45, 7) is 11.3. The Morgan fingerprint density at radius 1 is 1.56 bits per heavy atom. The van der Waals surface area contributed by atoms with E-state index in [1.54, 1.807) is 7.11 Å². The number of morpholine rings is 1. The molecule has 0 spiro atoms. The minimum atomic E-state index is 0.145. The van der Waals surface area contributed by atoms with Crippen molar-refractivity contribution in [3.63, 3.8) is 0 Å². The molecule has 1 aliphatic heterocycles. The second-order valence-corrected chi connectivity index (χ2v) is 4.98. The molecule has 0 saturated carbocycles. The third-order valence-corrected chi connectivity index (χ3v) is 2.73. The van der Waals surface area contributed by atoms with E-state index in [-0.39, 0.29) is 6.10 Å². The van der Waals surface area contributed by atoms with Gasteiger partial charge in [-0.2, -0.15) is 0 Å². The Morgan fingerprint density at radius 3 is 2.94 bits per heavy atom. The van der Waals surface area contributed by atoms with Crippen LogP contribution >= 0.6 is 0 Å². The van der Waals surface area contributed by atoms with Crippen LogP contribution in [0.15, 0.2) is 4.99 Å². The summed E-state index contributed by atoms with van der Waals surface area (Å²) in [5.74, 6) is 1.57. The lowest BCUT2D eigenvalue weighted by Crippen LogP contribution is -2.51. The van der Waals surface area contributed by atoms with E-state index in [0.717, 1.165) is 38.7 Å². The van der Waals surface area contributed by atoms with E-state index in [2.05, 4.69) is 36.0 Å². The average molecular weight is 257 g/mol. The number of ether oxygens (including phenoxy) is 2. The Morgan fingerprint density at radius 2 is 2.33 bits per heavy atom. The van der Waals surface area contributed by atoms with Gasteiger partial charge in [-0.25, -0.2) is 0 Å². The lowest BCUT2D eigenvalue weighted by molar-refractivity contribution is -0.0447. The number of nitrogens with one attached hydrogen (secondary N) is 1. The molecule has 18 heavy (non-hydrogen) atoms. The van der Waals surface area contributed by atoms with Crippen molar-refractivity contribution < 1.29 is 9.47 Å². The molecule has 0 radical (unpaired) electrons. The van der Waals surface area contributed by atoms with E-state index in [4.69, 9.17) is 9.47 Å². The van der Waals surface area contributed by atoms with Gasteiger partial charge in [0.25, 0.3) is 0 Å². The number of rotatable bonds is 5. The zero-order valence-electron chi connectivity index (χ0n) is 12.1. The molecule has 1 fully saturated rings. The molecule has 1 atom stereocenters. The van der Waals surface area contributed by atoms with Crippen molar-refractivity contribution in [3.05, 3.63) is 0 Å². The SMILES string of the molecule is CCNC(=NCC(C)C)N1CCOC(COC)C1. The second kappa shape index (κ2) is 8.32. The standard InChI is InChI=1S/C13H27N3O2/c1-5-14-13(15-8-11(2)3)16-6-7-18-12(9-16)10-17-4/h11-12H,5-10H2,1-4H3,(H,14,15). The second-order valence-electron chi connectivity index (χ2n) is 4.98. The highest BCUT2D eigenvalue weighted by Crippen LogP contribution is 2.06. The van der Waals surface area contributed by atoms with E-state index < -0.39 is 0 Å². The summed E-state index contributed by atoms with van der Waals surface area (Å²) in [6.07, 6.45) is 0.145. The predicted octanol–water partition coefficient (Wildman–Crippen LogP) is 0.955. The van der Waals surface area contributed by atoms with Gasteiger partial charge in [0.1, 0.15) is 0 Å². The van der Waals surface area contributed by atoms with E-state index >= 15 is 0 Å². The normalized spacial score (nSPS) is 21.5. The summed E-state index contributed by atoms with van der Waals surface area (Å²) in [7, 11) is 1.71. The van der Waals surface area contributed by atoms with Gasteiger partial charge in [0.15, 0.2) is 5.96 Å². The Kier molecular flexibility index (Phi) is 7.05. The van der Waals surface area contributed by atoms with Gasteiger partial charge in [-0.05, 0) is 12.8 Å². The topological polar surface area (TPSA) is 46.1 Å². The highest BCUT2D eigenvalue weighted by Gasteiger charge is 2.22. The number of hydrogen-bond donors (Lipinski definition) is 1. The maximum absolute atomic E-state index is 5.65. The number of guanidine groups is 1. The van der Waals surface area contributed by atoms with E-state index in [1.165, 1.54) is 0 Å². The van der Waals surface area contributed by atoms with Crippen LogP contribution in [0, 0.1) is 5.92 Å². The van der Waals surface area contributed by atoms with Crippen molar-refractivity contribution in [1.82, 2.24) is 10.2 Å². The first-order valence-corrected chi connectivity index (χ1v) is 6.81. The van der Waals surface area contributed by atoms with Gasteiger partial charge in [-0.3, -0.25) is 4.99 Å². The molecule has 106 valence electrons. The van der Waals surface area contributed by atoms with Crippen LogP contribution in [0.25, 0.3) is 0 Å². The van der Waals surface area contributed by atoms with Crippen LogP contribution in [0.1, 0.15) is 20.8 Å². The smallest absolute Gasteiger partial charge is 0.194 e. The molecule has 1 aliphatic rings. The van der Waals surface area contributed by atoms with Gasteiger partial charge >= 0.3 is 0 Å². The van der Waals surface area contributed by atoms with E-state index in [9.17, 15) is 0 Å². The van der Waals surface area contributed by atoms with Crippen LogP contribution in [-0.2, 0) is 9.47 Å². The first-order chi connectivity index (χ1) is 8.67. The van der Waals surface area contributed by atoms with Gasteiger partial charge in [-0.1, -0.05) is 13.8 Å². The Balaban J connectivity index is 2.57. The van der Waals surface area contributed by atoms with Gasteiger partial charge in [0.2, 0.25) is 0 Å². The average Bonchev–Trinajstić information content (AvgIpc) is 2.35. The molecule has 1 rings (SSSR count). The molecule has 0 aromatic rings. The molecule has 1 N–H and O–H groups in total. The number of nitrogens with zero attached hydrogens (tertiary/aromatic N) is 2. The van der Waals surface area contributed by atoms with Crippen molar-refractivity contribution in [2.24, 2.45) is 10.9 Å². The molecular weight excluding hydrogens is 230 g/mol. The third kappa shape index (κ3) is 5.23.